The molecule has 3 heteroatoms. The Hall–Kier alpha value is -0.570. The first-order valence-electron chi connectivity index (χ1n) is 6.62. The summed E-state index contributed by atoms with van der Waals surface area (Å²) in [4.78, 5) is 11.3. The van der Waals surface area contributed by atoms with Gasteiger partial charge in [-0.15, -0.1) is 0 Å². The topological polar surface area (TPSA) is 38.3 Å². The van der Waals surface area contributed by atoms with Crippen LogP contribution in [-0.4, -0.2) is 25.2 Å². The molecule has 0 aliphatic heterocycles. The van der Waals surface area contributed by atoms with Crippen molar-refractivity contribution in [3.8, 4) is 0 Å². The molecule has 1 aliphatic rings. The number of nitrogens with one attached hydrogen (secondary N) is 1. The van der Waals surface area contributed by atoms with Gasteiger partial charge in [0.15, 0.2) is 0 Å². The Bertz CT molecular complexity index is 200. The van der Waals surface area contributed by atoms with Crippen LogP contribution >= 0.6 is 0 Å². The van der Waals surface area contributed by atoms with E-state index in [0.717, 1.165) is 12.8 Å². The Morgan fingerprint density at radius 3 is 2.62 bits per heavy atom. The summed E-state index contributed by atoms with van der Waals surface area (Å²) < 4.78 is 6.04. The standard InChI is InChI=1S/C13H25NO2/c1-3-7-12(10-13(15)14-2)16-11-8-5-4-6-9-11/h11-12H,3-10H2,1-2H3,(H,14,15). The fourth-order valence-electron chi connectivity index (χ4n) is 2.32. The minimum atomic E-state index is 0.0919. The lowest BCUT2D eigenvalue weighted by Crippen LogP contribution is -2.30. The van der Waals surface area contributed by atoms with E-state index < -0.39 is 0 Å². The highest BCUT2D eigenvalue weighted by atomic mass is 16.5. The summed E-state index contributed by atoms with van der Waals surface area (Å²) in [6, 6.07) is 0. The average molecular weight is 227 g/mol. The second kappa shape index (κ2) is 7.66. The number of amides is 1. The number of hydrogen-bond donors (Lipinski definition) is 1. The molecule has 1 unspecified atom stereocenters. The second-order valence-electron chi connectivity index (χ2n) is 4.68. The van der Waals surface area contributed by atoms with E-state index in [4.69, 9.17) is 4.74 Å². The van der Waals surface area contributed by atoms with E-state index in [1.807, 2.05) is 0 Å². The Labute approximate surface area is 98.9 Å². The monoisotopic (exact) mass is 227 g/mol. The van der Waals surface area contributed by atoms with Gasteiger partial charge in [0.2, 0.25) is 5.91 Å². The first-order chi connectivity index (χ1) is 7.76. The van der Waals surface area contributed by atoms with Crippen molar-refractivity contribution in [3.63, 3.8) is 0 Å². The van der Waals surface area contributed by atoms with Gasteiger partial charge in [-0.3, -0.25) is 4.79 Å². The summed E-state index contributed by atoms with van der Waals surface area (Å²) in [6.45, 7) is 2.14. The summed E-state index contributed by atoms with van der Waals surface area (Å²) in [5.41, 5.74) is 0. The third-order valence-corrected chi connectivity index (χ3v) is 3.24. The Morgan fingerprint density at radius 2 is 2.06 bits per heavy atom. The molecule has 0 bridgehead atoms. The van der Waals surface area contributed by atoms with Gasteiger partial charge < -0.3 is 10.1 Å². The number of ether oxygens (including phenoxy) is 1. The molecule has 94 valence electrons. The van der Waals surface area contributed by atoms with Crippen molar-refractivity contribution in [2.75, 3.05) is 7.05 Å². The van der Waals surface area contributed by atoms with Gasteiger partial charge in [0.1, 0.15) is 0 Å². The molecular formula is C13H25NO2. The Morgan fingerprint density at radius 1 is 1.38 bits per heavy atom. The highest BCUT2D eigenvalue weighted by molar-refractivity contribution is 5.76. The van der Waals surface area contributed by atoms with E-state index in [0.29, 0.717) is 12.5 Å². The van der Waals surface area contributed by atoms with Gasteiger partial charge in [-0.1, -0.05) is 32.6 Å². The molecule has 0 radical (unpaired) electrons. The zero-order valence-corrected chi connectivity index (χ0v) is 10.6. The van der Waals surface area contributed by atoms with Crippen molar-refractivity contribution in [2.24, 2.45) is 0 Å². The Kier molecular flexibility index (Phi) is 6.46. The predicted molar refractivity (Wildman–Crippen MR) is 65.3 cm³/mol. The van der Waals surface area contributed by atoms with Crippen molar-refractivity contribution >= 4 is 5.91 Å². The van der Waals surface area contributed by atoms with Crippen LogP contribution in [0.25, 0.3) is 0 Å². The quantitative estimate of drug-likeness (QED) is 0.757. The van der Waals surface area contributed by atoms with Crippen LogP contribution in [0.1, 0.15) is 58.3 Å². The molecule has 0 saturated heterocycles. The maximum atomic E-state index is 11.3. The molecule has 0 heterocycles. The molecular weight excluding hydrogens is 202 g/mol. The molecule has 0 aromatic rings. The van der Waals surface area contributed by atoms with Crippen LogP contribution in [0.15, 0.2) is 0 Å². The molecule has 1 saturated carbocycles. The van der Waals surface area contributed by atoms with Crippen molar-refractivity contribution in [1.29, 1.82) is 0 Å². The number of carbonyl (C=O) groups excluding carboxylic acids is 1. The van der Waals surface area contributed by atoms with E-state index >= 15 is 0 Å². The van der Waals surface area contributed by atoms with E-state index in [-0.39, 0.29) is 12.0 Å². The lowest BCUT2D eigenvalue weighted by molar-refractivity contribution is -0.125. The van der Waals surface area contributed by atoms with E-state index in [9.17, 15) is 4.79 Å². The van der Waals surface area contributed by atoms with Gasteiger partial charge >= 0.3 is 0 Å². The predicted octanol–water partition coefficient (Wildman–Crippen LogP) is 2.64. The third-order valence-electron chi connectivity index (χ3n) is 3.24. The van der Waals surface area contributed by atoms with E-state index in [1.54, 1.807) is 7.05 Å². The molecule has 0 aromatic carbocycles. The van der Waals surface area contributed by atoms with Gasteiger partial charge in [0.25, 0.3) is 0 Å². The fourth-order valence-corrected chi connectivity index (χ4v) is 2.32. The normalized spacial score (nSPS) is 19.4. The van der Waals surface area contributed by atoms with Crippen molar-refractivity contribution in [3.05, 3.63) is 0 Å². The van der Waals surface area contributed by atoms with E-state index in [1.165, 1.54) is 32.1 Å². The van der Waals surface area contributed by atoms with Crippen LogP contribution in [0, 0.1) is 0 Å². The van der Waals surface area contributed by atoms with E-state index in [2.05, 4.69) is 12.2 Å². The maximum absolute atomic E-state index is 11.3. The SMILES string of the molecule is CCCC(CC(=O)NC)OC1CCCCC1. The molecule has 1 amide bonds. The van der Waals surface area contributed by atoms with Gasteiger partial charge in [-0.2, -0.15) is 0 Å². The minimum Gasteiger partial charge on any atom is -0.374 e. The fraction of sp³-hybridized carbons (Fsp3) is 0.923. The molecule has 0 spiro atoms. The molecule has 1 fully saturated rings. The highest BCUT2D eigenvalue weighted by Crippen LogP contribution is 2.23. The van der Waals surface area contributed by atoms with Gasteiger partial charge in [-0.25, -0.2) is 0 Å². The molecule has 1 rings (SSSR count). The van der Waals surface area contributed by atoms with Gasteiger partial charge in [0, 0.05) is 7.05 Å². The first-order valence-corrected chi connectivity index (χ1v) is 6.62. The van der Waals surface area contributed by atoms with Crippen LogP contribution < -0.4 is 5.32 Å². The smallest absolute Gasteiger partial charge is 0.222 e. The first kappa shape index (κ1) is 13.5. The zero-order valence-electron chi connectivity index (χ0n) is 10.6. The summed E-state index contributed by atoms with van der Waals surface area (Å²) in [5, 5.41) is 2.67. The van der Waals surface area contributed by atoms with Gasteiger partial charge in [-0.05, 0) is 19.3 Å². The third kappa shape index (κ3) is 4.97. The second-order valence-corrected chi connectivity index (χ2v) is 4.68. The Balaban J connectivity index is 2.33. The van der Waals surface area contributed by atoms with Crippen LogP contribution in [0.5, 0.6) is 0 Å². The highest BCUT2D eigenvalue weighted by Gasteiger charge is 2.20. The minimum absolute atomic E-state index is 0.0919. The van der Waals surface area contributed by atoms with Crippen molar-refractivity contribution < 1.29 is 9.53 Å². The summed E-state index contributed by atoms with van der Waals surface area (Å²) in [6.07, 6.45) is 9.35. The lowest BCUT2D eigenvalue weighted by Gasteiger charge is -2.27. The van der Waals surface area contributed by atoms with Crippen LogP contribution in [0.4, 0.5) is 0 Å². The molecule has 16 heavy (non-hydrogen) atoms. The zero-order chi connectivity index (χ0) is 11.8. The van der Waals surface area contributed by atoms with Crippen molar-refractivity contribution in [2.45, 2.75) is 70.5 Å². The average Bonchev–Trinajstić information content (AvgIpc) is 2.30. The lowest BCUT2D eigenvalue weighted by atomic mass is 9.97. The van der Waals surface area contributed by atoms with Crippen molar-refractivity contribution in [1.82, 2.24) is 5.32 Å². The van der Waals surface area contributed by atoms with Gasteiger partial charge in [0.05, 0.1) is 18.6 Å². The van der Waals surface area contributed by atoms with Crippen LogP contribution in [0.3, 0.4) is 0 Å². The molecule has 0 aromatic heterocycles. The molecule has 1 atom stereocenters. The summed E-state index contributed by atoms with van der Waals surface area (Å²) in [7, 11) is 1.69. The molecule has 1 N–H and O–H groups in total. The number of rotatable bonds is 6. The van der Waals surface area contributed by atoms with Crippen LogP contribution in [-0.2, 0) is 9.53 Å². The summed E-state index contributed by atoms with van der Waals surface area (Å²) in [5.74, 6) is 0.0919. The number of hydrogen-bond acceptors (Lipinski definition) is 2. The number of carbonyl (C=O) groups is 1. The maximum Gasteiger partial charge on any atom is 0.222 e. The largest absolute Gasteiger partial charge is 0.374 e. The molecule has 3 nitrogen and oxygen atoms in total. The summed E-state index contributed by atoms with van der Waals surface area (Å²) >= 11 is 0. The molecule has 1 aliphatic carbocycles. The van der Waals surface area contributed by atoms with Crippen LogP contribution in [0.2, 0.25) is 0 Å².